The van der Waals surface area contributed by atoms with Gasteiger partial charge >= 0.3 is 0 Å². The molecule has 0 saturated carbocycles. The summed E-state index contributed by atoms with van der Waals surface area (Å²) in [5.74, 6) is 0. The lowest BCUT2D eigenvalue weighted by molar-refractivity contribution is 0.0654. The van der Waals surface area contributed by atoms with Crippen LogP contribution in [0, 0.1) is 6.92 Å². The summed E-state index contributed by atoms with van der Waals surface area (Å²) in [5, 5.41) is 0. The second kappa shape index (κ2) is 4.28. The lowest BCUT2D eigenvalue weighted by Gasteiger charge is -2.10. The van der Waals surface area contributed by atoms with Crippen molar-refractivity contribution < 1.29 is 4.74 Å². The van der Waals surface area contributed by atoms with Gasteiger partial charge in [-0.3, -0.25) is 0 Å². The molecule has 0 spiro atoms. The fourth-order valence-corrected chi connectivity index (χ4v) is 1.14. The van der Waals surface area contributed by atoms with Gasteiger partial charge in [0.05, 0.1) is 12.7 Å². The Morgan fingerprint density at radius 2 is 2.08 bits per heavy atom. The molecule has 1 aromatic carbocycles. The number of nitrogen functional groups attached to an aromatic ring is 1. The minimum Gasteiger partial charge on any atom is -0.399 e. The van der Waals surface area contributed by atoms with E-state index in [1.54, 1.807) is 0 Å². The van der Waals surface area contributed by atoms with E-state index in [1.807, 2.05) is 32.0 Å². The zero-order valence-electron chi connectivity index (χ0n) is 8.50. The van der Waals surface area contributed by atoms with E-state index in [-0.39, 0.29) is 6.10 Å². The molecule has 0 aliphatic heterocycles. The average Bonchev–Trinajstić information content (AvgIpc) is 2.02. The highest BCUT2D eigenvalue weighted by atomic mass is 16.5. The van der Waals surface area contributed by atoms with Crippen LogP contribution >= 0.6 is 0 Å². The highest BCUT2D eigenvalue weighted by Crippen LogP contribution is 2.13. The Balaban J connectivity index is 2.67. The zero-order valence-corrected chi connectivity index (χ0v) is 8.50. The van der Waals surface area contributed by atoms with Crippen LogP contribution in [0.1, 0.15) is 25.0 Å². The summed E-state index contributed by atoms with van der Waals surface area (Å²) in [6.45, 7) is 6.79. The van der Waals surface area contributed by atoms with Gasteiger partial charge in [-0.15, -0.1) is 0 Å². The van der Waals surface area contributed by atoms with Crippen molar-refractivity contribution in [1.82, 2.24) is 0 Å². The SMILES string of the molecule is Cc1cc(N)ccc1COC(C)C. The van der Waals surface area contributed by atoms with Crippen LogP contribution in [0.2, 0.25) is 0 Å². The Labute approximate surface area is 79.7 Å². The van der Waals surface area contributed by atoms with Crippen LogP contribution in [-0.4, -0.2) is 6.10 Å². The maximum atomic E-state index is 5.64. The first-order valence-electron chi connectivity index (χ1n) is 4.56. The smallest absolute Gasteiger partial charge is 0.0722 e. The van der Waals surface area contributed by atoms with Gasteiger partial charge in [-0.05, 0) is 44.0 Å². The van der Waals surface area contributed by atoms with Gasteiger partial charge in [-0.25, -0.2) is 0 Å². The quantitative estimate of drug-likeness (QED) is 0.723. The summed E-state index contributed by atoms with van der Waals surface area (Å²) in [6, 6.07) is 5.90. The molecule has 72 valence electrons. The molecular formula is C11H17NO. The van der Waals surface area contributed by atoms with Crippen molar-refractivity contribution in [2.75, 3.05) is 5.73 Å². The first kappa shape index (κ1) is 10.1. The third kappa shape index (κ3) is 3.07. The molecule has 0 heterocycles. The number of nitrogens with two attached hydrogens (primary N) is 1. The molecule has 0 radical (unpaired) electrons. The van der Waals surface area contributed by atoms with Crippen molar-refractivity contribution in [1.29, 1.82) is 0 Å². The Morgan fingerprint density at radius 1 is 1.38 bits per heavy atom. The summed E-state index contributed by atoms with van der Waals surface area (Å²) in [6.07, 6.45) is 0.275. The molecule has 0 amide bonds. The van der Waals surface area contributed by atoms with Gasteiger partial charge in [0.2, 0.25) is 0 Å². The van der Waals surface area contributed by atoms with Gasteiger partial charge in [-0.2, -0.15) is 0 Å². The minimum absolute atomic E-state index is 0.275. The number of hydrogen-bond donors (Lipinski definition) is 1. The summed E-state index contributed by atoms with van der Waals surface area (Å²) in [4.78, 5) is 0. The normalized spacial score (nSPS) is 10.8. The summed E-state index contributed by atoms with van der Waals surface area (Å²) in [7, 11) is 0. The number of aryl methyl sites for hydroxylation is 1. The third-order valence-corrected chi connectivity index (χ3v) is 1.94. The van der Waals surface area contributed by atoms with Crippen molar-refractivity contribution in [2.45, 2.75) is 33.5 Å². The third-order valence-electron chi connectivity index (χ3n) is 1.94. The zero-order chi connectivity index (χ0) is 9.84. The summed E-state index contributed by atoms with van der Waals surface area (Å²) in [5.41, 5.74) is 8.86. The van der Waals surface area contributed by atoms with Crippen LogP contribution in [0.25, 0.3) is 0 Å². The predicted octanol–water partition coefficient (Wildman–Crippen LogP) is 2.50. The van der Waals surface area contributed by atoms with Crippen molar-refractivity contribution in [2.24, 2.45) is 0 Å². The van der Waals surface area contributed by atoms with Crippen molar-refractivity contribution >= 4 is 5.69 Å². The fourth-order valence-electron chi connectivity index (χ4n) is 1.14. The van der Waals surface area contributed by atoms with E-state index in [0.29, 0.717) is 6.61 Å². The van der Waals surface area contributed by atoms with Crippen LogP contribution < -0.4 is 5.73 Å². The summed E-state index contributed by atoms with van der Waals surface area (Å²) < 4.78 is 5.51. The molecule has 2 nitrogen and oxygen atoms in total. The van der Waals surface area contributed by atoms with Crippen molar-refractivity contribution in [3.63, 3.8) is 0 Å². The molecule has 2 N–H and O–H groups in total. The van der Waals surface area contributed by atoms with Crippen LogP contribution in [0.3, 0.4) is 0 Å². The molecule has 0 aromatic heterocycles. The fraction of sp³-hybridized carbons (Fsp3) is 0.455. The Morgan fingerprint density at radius 3 is 2.62 bits per heavy atom. The predicted molar refractivity (Wildman–Crippen MR) is 55.5 cm³/mol. The maximum Gasteiger partial charge on any atom is 0.0722 e. The van der Waals surface area contributed by atoms with Gasteiger partial charge in [-0.1, -0.05) is 6.07 Å². The van der Waals surface area contributed by atoms with E-state index in [4.69, 9.17) is 10.5 Å². The van der Waals surface area contributed by atoms with Crippen molar-refractivity contribution in [3.05, 3.63) is 29.3 Å². The van der Waals surface area contributed by atoms with Crippen LogP contribution in [-0.2, 0) is 11.3 Å². The van der Waals surface area contributed by atoms with Gasteiger partial charge in [0, 0.05) is 5.69 Å². The van der Waals surface area contributed by atoms with Gasteiger partial charge < -0.3 is 10.5 Å². The molecule has 1 aromatic rings. The average molecular weight is 179 g/mol. The molecule has 13 heavy (non-hydrogen) atoms. The number of benzene rings is 1. The lowest BCUT2D eigenvalue weighted by Crippen LogP contribution is -2.03. The van der Waals surface area contributed by atoms with Crippen molar-refractivity contribution in [3.8, 4) is 0 Å². The second-order valence-corrected chi connectivity index (χ2v) is 3.55. The van der Waals surface area contributed by atoms with E-state index in [0.717, 1.165) is 5.69 Å². The molecule has 2 heteroatoms. The molecule has 0 saturated heterocycles. The number of rotatable bonds is 3. The van der Waals surface area contributed by atoms with Crippen LogP contribution in [0.5, 0.6) is 0 Å². The highest BCUT2D eigenvalue weighted by molar-refractivity contribution is 5.43. The van der Waals surface area contributed by atoms with E-state index >= 15 is 0 Å². The number of hydrogen-bond acceptors (Lipinski definition) is 2. The minimum atomic E-state index is 0.275. The van der Waals surface area contributed by atoms with Gasteiger partial charge in [0.15, 0.2) is 0 Å². The highest BCUT2D eigenvalue weighted by Gasteiger charge is 2.00. The molecule has 0 aliphatic carbocycles. The maximum absolute atomic E-state index is 5.64. The second-order valence-electron chi connectivity index (χ2n) is 3.55. The molecule has 0 bridgehead atoms. The molecule has 0 unspecified atom stereocenters. The van der Waals surface area contributed by atoms with Crippen LogP contribution in [0.4, 0.5) is 5.69 Å². The summed E-state index contributed by atoms with van der Waals surface area (Å²) >= 11 is 0. The van der Waals surface area contributed by atoms with Gasteiger partial charge in [0.25, 0.3) is 0 Å². The molecule has 0 atom stereocenters. The Kier molecular flexibility index (Phi) is 3.32. The first-order chi connectivity index (χ1) is 6.09. The monoisotopic (exact) mass is 179 g/mol. The number of ether oxygens (including phenoxy) is 1. The van der Waals surface area contributed by atoms with Crippen LogP contribution in [0.15, 0.2) is 18.2 Å². The number of anilines is 1. The lowest BCUT2D eigenvalue weighted by atomic mass is 10.1. The Hall–Kier alpha value is -1.02. The van der Waals surface area contributed by atoms with E-state index in [1.165, 1.54) is 11.1 Å². The molecular weight excluding hydrogens is 162 g/mol. The van der Waals surface area contributed by atoms with E-state index in [2.05, 4.69) is 6.92 Å². The molecule has 0 aliphatic rings. The molecule has 1 rings (SSSR count). The van der Waals surface area contributed by atoms with E-state index in [9.17, 15) is 0 Å². The standard InChI is InChI=1S/C11H17NO/c1-8(2)13-7-10-4-5-11(12)6-9(10)3/h4-6,8H,7,12H2,1-3H3. The first-order valence-corrected chi connectivity index (χ1v) is 4.56. The van der Waals surface area contributed by atoms with E-state index < -0.39 is 0 Å². The largest absolute Gasteiger partial charge is 0.399 e. The Bertz CT molecular complexity index is 281. The molecule has 0 fully saturated rings. The van der Waals surface area contributed by atoms with Gasteiger partial charge in [0.1, 0.15) is 0 Å². The topological polar surface area (TPSA) is 35.2 Å².